The molecule has 3 rings (SSSR count). The first kappa shape index (κ1) is 27.3. The number of nitrogens with zero attached hydrogens (tertiary/aromatic N) is 1. The second-order valence-electron chi connectivity index (χ2n) is 9.31. The number of hydrogen-bond acceptors (Lipinski definition) is 4. The monoisotopic (exact) mass is 508 g/mol. The normalized spacial score (nSPS) is 11.4. The Morgan fingerprint density at radius 2 is 1.61 bits per heavy atom. The van der Waals surface area contributed by atoms with Crippen LogP contribution in [0.3, 0.4) is 0 Å². The van der Waals surface area contributed by atoms with Crippen LogP contribution in [0, 0.1) is 20.8 Å². The summed E-state index contributed by atoms with van der Waals surface area (Å²) in [5.74, 6) is 0.496. The fourth-order valence-electron chi connectivity index (χ4n) is 3.86. The number of nitrogens with one attached hydrogen (secondary N) is 1. The van der Waals surface area contributed by atoms with Crippen molar-refractivity contribution in [3.63, 3.8) is 0 Å². The van der Waals surface area contributed by atoms with Gasteiger partial charge in [0.25, 0.3) is 10.0 Å². The molecular weight excluding hydrogens is 472 g/mol. The molecular formula is C29H36N2O4S. The predicted molar refractivity (Wildman–Crippen MR) is 145 cm³/mol. The van der Waals surface area contributed by atoms with Gasteiger partial charge in [0, 0.05) is 6.54 Å². The van der Waals surface area contributed by atoms with Crippen LogP contribution in [-0.4, -0.2) is 33.5 Å². The number of sulfonamides is 1. The van der Waals surface area contributed by atoms with Gasteiger partial charge in [0.1, 0.15) is 12.3 Å². The maximum Gasteiger partial charge on any atom is 0.264 e. The molecule has 192 valence electrons. The number of aryl methyl sites for hydroxylation is 3. The van der Waals surface area contributed by atoms with Crippen LogP contribution in [-0.2, 0) is 21.2 Å². The number of ether oxygens (including phenoxy) is 1. The number of benzene rings is 3. The van der Waals surface area contributed by atoms with Gasteiger partial charge in [-0.3, -0.25) is 9.10 Å². The Hall–Kier alpha value is -3.32. The van der Waals surface area contributed by atoms with Crippen molar-refractivity contribution in [3.8, 4) is 5.75 Å². The number of carbonyl (C=O) groups excluding carboxylic acids is 1. The molecule has 0 saturated carbocycles. The van der Waals surface area contributed by atoms with E-state index in [-0.39, 0.29) is 23.5 Å². The number of amides is 1. The first-order valence-electron chi connectivity index (χ1n) is 12.3. The maximum atomic E-state index is 13.6. The molecule has 0 atom stereocenters. The van der Waals surface area contributed by atoms with E-state index in [2.05, 4.69) is 5.32 Å². The molecule has 0 aliphatic heterocycles. The molecule has 0 aliphatic carbocycles. The second-order valence-corrected chi connectivity index (χ2v) is 11.2. The Labute approximate surface area is 215 Å². The van der Waals surface area contributed by atoms with Crippen molar-refractivity contribution in [2.24, 2.45) is 0 Å². The molecule has 0 fully saturated rings. The topological polar surface area (TPSA) is 75.7 Å². The third-order valence-corrected chi connectivity index (χ3v) is 7.77. The smallest absolute Gasteiger partial charge is 0.264 e. The molecule has 6 nitrogen and oxygen atoms in total. The van der Waals surface area contributed by atoms with Gasteiger partial charge in [-0.1, -0.05) is 42.0 Å². The standard InChI is InChI=1S/C29H36N2O4S/c1-21(2)35-26-15-13-25(14-16-26)9-7-19-30-29(32)20-31(28-10-6-8-23(4)24(28)5)36(33,34)27-17-11-22(3)12-18-27/h6,8,10-18,21H,7,9,19-20H2,1-5H3,(H,30,32). The molecule has 0 heterocycles. The molecule has 0 saturated heterocycles. The molecule has 1 amide bonds. The van der Waals surface area contributed by atoms with Gasteiger partial charge in [0.05, 0.1) is 16.7 Å². The van der Waals surface area contributed by atoms with Gasteiger partial charge in [-0.05, 0) is 94.5 Å². The van der Waals surface area contributed by atoms with Gasteiger partial charge in [-0.25, -0.2) is 8.42 Å². The lowest BCUT2D eigenvalue weighted by Gasteiger charge is -2.26. The van der Waals surface area contributed by atoms with Crippen molar-refractivity contribution >= 4 is 21.6 Å². The van der Waals surface area contributed by atoms with Crippen molar-refractivity contribution in [3.05, 3.63) is 89.0 Å². The summed E-state index contributed by atoms with van der Waals surface area (Å²) in [6.07, 6.45) is 1.67. The van der Waals surface area contributed by atoms with Crippen molar-refractivity contribution < 1.29 is 17.9 Å². The van der Waals surface area contributed by atoms with Crippen molar-refractivity contribution in [1.82, 2.24) is 5.32 Å². The minimum absolute atomic E-state index is 0.129. The van der Waals surface area contributed by atoms with E-state index in [4.69, 9.17) is 4.74 Å². The number of carbonyl (C=O) groups is 1. The van der Waals surface area contributed by atoms with E-state index in [1.165, 1.54) is 4.31 Å². The zero-order valence-electron chi connectivity index (χ0n) is 21.7. The SMILES string of the molecule is Cc1ccc(S(=O)(=O)N(CC(=O)NCCCc2ccc(OC(C)C)cc2)c2cccc(C)c2C)cc1. The third kappa shape index (κ3) is 7.10. The summed E-state index contributed by atoms with van der Waals surface area (Å²) in [4.78, 5) is 13.0. The highest BCUT2D eigenvalue weighted by atomic mass is 32.2. The van der Waals surface area contributed by atoms with Crippen LogP contribution in [0.4, 0.5) is 5.69 Å². The zero-order chi connectivity index (χ0) is 26.3. The summed E-state index contributed by atoms with van der Waals surface area (Å²) in [6, 6.07) is 20.1. The number of anilines is 1. The Bertz CT molecular complexity index is 1270. The average molecular weight is 509 g/mol. The lowest BCUT2D eigenvalue weighted by atomic mass is 10.1. The zero-order valence-corrected chi connectivity index (χ0v) is 22.6. The molecule has 7 heteroatoms. The van der Waals surface area contributed by atoms with Crippen LogP contribution in [0.5, 0.6) is 5.75 Å². The number of rotatable bonds is 11. The summed E-state index contributed by atoms with van der Waals surface area (Å²) < 4.78 is 34.1. The van der Waals surface area contributed by atoms with Crippen LogP contribution in [0.2, 0.25) is 0 Å². The van der Waals surface area contributed by atoms with Crippen molar-refractivity contribution in [2.75, 3.05) is 17.4 Å². The molecule has 0 aliphatic rings. The average Bonchev–Trinajstić information content (AvgIpc) is 2.83. The van der Waals surface area contributed by atoms with Crippen molar-refractivity contribution in [2.45, 2.75) is 58.5 Å². The van der Waals surface area contributed by atoms with Gasteiger partial charge >= 0.3 is 0 Å². The molecule has 3 aromatic rings. The lowest BCUT2D eigenvalue weighted by molar-refractivity contribution is -0.119. The second kappa shape index (κ2) is 12.1. The van der Waals surface area contributed by atoms with Gasteiger partial charge in [0.15, 0.2) is 0 Å². The van der Waals surface area contributed by atoms with Gasteiger partial charge in [0.2, 0.25) is 5.91 Å². The highest BCUT2D eigenvalue weighted by Crippen LogP contribution is 2.28. The molecule has 0 unspecified atom stereocenters. The first-order chi connectivity index (χ1) is 17.1. The fourth-order valence-corrected chi connectivity index (χ4v) is 5.33. The summed E-state index contributed by atoms with van der Waals surface area (Å²) in [5, 5.41) is 2.89. The predicted octanol–water partition coefficient (Wildman–Crippen LogP) is 5.34. The lowest BCUT2D eigenvalue weighted by Crippen LogP contribution is -2.41. The van der Waals surface area contributed by atoms with E-state index < -0.39 is 10.0 Å². The molecule has 0 spiro atoms. The van der Waals surface area contributed by atoms with Crippen LogP contribution in [0.15, 0.2) is 71.6 Å². The van der Waals surface area contributed by atoms with E-state index in [9.17, 15) is 13.2 Å². The molecule has 0 bridgehead atoms. The minimum atomic E-state index is -3.93. The largest absolute Gasteiger partial charge is 0.491 e. The first-order valence-corrected chi connectivity index (χ1v) is 13.7. The summed E-state index contributed by atoms with van der Waals surface area (Å²) in [7, 11) is -3.93. The molecule has 36 heavy (non-hydrogen) atoms. The van der Waals surface area contributed by atoms with Crippen LogP contribution >= 0.6 is 0 Å². The van der Waals surface area contributed by atoms with Gasteiger partial charge in [-0.15, -0.1) is 0 Å². The van der Waals surface area contributed by atoms with E-state index in [1.54, 1.807) is 30.3 Å². The Balaban J connectivity index is 1.67. The molecule has 1 N–H and O–H groups in total. The quantitative estimate of drug-likeness (QED) is 0.355. The molecule has 3 aromatic carbocycles. The maximum absolute atomic E-state index is 13.6. The van der Waals surface area contributed by atoms with E-state index in [0.29, 0.717) is 12.2 Å². The van der Waals surface area contributed by atoms with E-state index >= 15 is 0 Å². The Kier molecular flexibility index (Phi) is 9.15. The van der Waals surface area contributed by atoms with E-state index in [1.807, 2.05) is 71.0 Å². The fraction of sp³-hybridized carbons (Fsp3) is 0.345. The van der Waals surface area contributed by atoms with Gasteiger partial charge < -0.3 is 10.1 Å². The number of hydrogen-bond donors (Lipinski definition) is 1. The summed E-state index contributed by atoms with van der Waals surface area (Å²) >= 11 is 0. The van der Waals surface area contributed by atoms with Crippen molar-refractivity contribution in [1.29, 1.82) is 0 Å². The van der Waals surface area contributed by atoms with Gasteiger partial charge in [-0.2, -0.15) is 0 Å². The highest BCUT2D eigenvalue weighted by Gasteiger charge is 2.28. The highest BCUT2D eigenvalue weighted by molar-refractivity contribution is 7.92. The third-order valence-electron chi connectivity index (χ3n) is 6.00. The van der Waals surface area contributed by atoms with E-state index in [0.717, 1.165) is 40.8 Å². The Morgan fingerprint density at radius 1 is 0.944 bits per heavy atom. The molecule has 0 radical (unpaired) electrons. The van der Waals surface area contributed by atoms with Crippen LogP contribution in [0.25, 0.3) is 0 Å². The van der Waals surface area contributed by atoms with Crippen LogP contribution < -0.4 is 14.4 Å². The Morgan fingerprint density at radius 3 is 2.25 bits per heavy atom. The summed E-state index contributed by atoms with van der Waals surface area (Å²) in [6.45, 7) is 9.85. The molecule has 0 aromatic heterocycles. The van der Waals surface area contributed by atoms with Crippen LogP contribution in [0.1, 0.15) is 42.5 Å². The summed E-state index contributed by atoms with van der Waals surface area (Å²) in [5.41, 5.74) is 4.41. The minimum Gasteiger partial charge on any atom is -0.491 e.